The fourth-order valence-corrected chi connectivity index (χ4v) is 2.45. The SMILES string of the molecule is CCNC(C)c1ccccc1-c1ccc(Br)cc1. The molecule has 1 N–H and O–H groups in total. The molecule has 0 saturated heterocycles. The molecule has 0 bridgehead atoms. The summed E-state index contributed by atoms with van der Waals surface area (Å²) >= 11 is 3.48. The average molecular weight is 304 g/mol. The van der Waals surface area contributed by atoms with Crippen LogP contribution in [0.3, 0.4) is 0 Å². The Bertz CT molecular complexity index is 505. The summed E-state index contributed by atoms with van der Waals surface area (Å²) in [6.07, 6.45) is 0. The third-order valence-electron chi connectivity index (χ3n) is 3.09. The minimum absolute atomic E-state index is 0.370. The molecule has 0 amide bonds. The molecule has 2 aromatic rings. The quantitative estimate of drug-likeness (QED) is 0.856. The van der Waals surface area contributed by atoms with Crippen molar-refractivity contribution < 1.29 is 0 Å². The molecule has 2 rings (SSSR count). The Morgan fingerprint density at radius 1 is 1.06 bits per heavy atom. The van der Waals surface area contributed by atoms with Crippen molar-refractivity contribution in [2.45, 2.75) is 19.9 Å². The Morgan fingerprint density at radius 2 is 1.72 bits per heavy atom. The van der Waals surface area contributed by atoms with Crippen LogP contribution in [0.2, 0.25) is 0 Å². The van der Waals surface area contributed by atoms with Crippen molar-refractivity contribution in [3.63, 3.8) is 0 Å². The molecular weight excluding hydrogens is 286 g/mol. The molecule has 0 fully saturated rings. The van der Waals surface area contributed by atoms with Crippen molar-refractivity contribution >= 4 is 15.9 Å². The van der Waals surface area contributed by atoms with Gasteiger partial charge >= 0.3 is 0 Å². The van der Waals surface area contributed by atoms with Gasteiger partial charge in [-0.15, -0.1) is 0 Å². The minimum atomic E-state index is 0.370. The van der Waals surface area contributed by atoms with Gasteiger partial charge in [-0.25, -0.2) is 0 Å². The van der Waals surface area contributed by atoms with E-state index in [9.17, 15) is 0 Å². The summed E-state index contributed by atoms with van der Waals surface area (Å²) in [6.45, 7) is 5.33. The van der Waals surface area contributed by atoms with Crippen molar-refractivity contribution in [2.24, 2.45) is 0 Å². The zero-order chi connectivity index (χ0) is 13.0. The highest BCUT2D eigenvalue weighted by molar-refractivity contribution is 9.10. The lowest BCUT2D eigenvalue weighted by Gasteiger charge is -2.17. The number of hydrogen-bond acceptors (Lipinski definition) is 1. The summed E-state index contributed by atoms with van der Waals surface area (Å²) in [4.78, 5) is 0. The van der Waals surface area contributed by atoms with Gasteiger partial charge in [0.05, 0.1) is 0 Å². The predicted molar refractivity (Wildman–Crippen MR) is 81.7 cm³/mol. The Labute approximate surface area is 117 Å². The van der Waals surface area contributed by atoms with Crippen LogP contribution in [0.1, 0.15) is 25.5 Å². The van der Waals surface area contributed by atoms with Gasteiger partial charge in [-0.1, -0.05) is 59.3 Å². The second kappa shape index (κ2) is 6.17. The van der Waals surface area contributed by atoms with Crippen molar-refractivity contribution in [3.8, 4) is 11.1 Å². The predicted octanol–water partition coefficient (Wildman–Crippen LogP) is 4.79. The van der Waals surface area contributed by atoms with E-state index in [4.69, 9.17) is 0 Å². The largest absolute Gasteiger partial charge is 0.310 e. The minimum Gasteiger partial charge on any atom is -0.310 e. The van der Waals surface area contributed by atoms with Crippen LogP contribution in [0, 0.1) is 0 Å². The highest BCUT2D eigenvalue weighted by Gasteiger charge is 2.10. The summed E-state index contributed by atoms with van der Waals surface area (Å²) < 4.78 is 1.11. The lowest BCUT2D eigenvalue weighted by molar-refractivity contribution is 0.599. The standard InChI is InChI=1S/C16H18BrN/c1-3-18-12(2)15-6-4-5-7-16(15)13-8-10-14(17)11-9-13/h4-12,18H,3H2,1-2H3. The molecule has 0 aliphatic heterocycles. The molecule has 0 saturated carbocycles. The normalized spacial score (nSPS) is 12.4. The molecular formula is C16H18BrN. The Balaban J connectivity index is 2.41. The van der Waals surface area contributed by atoms with Gasteiger partial charge in [-0.2, -0.15) is 0 Å². The van der Waals surface area contributed by atoms with Gasteiger partial charge in [0, 0.05) is 10.5 Å². The highest BCUT2D eigenvalue weighted by Crippen LogP contribution is 2.28. The summed E-state index contributed by atoms with van der Waals surface area (Å²) in [5.74, 6) is 0. The van der Waals surface area contributed by atoms with Gasteiger partial charge in [-0.3, -0.25) is 0 Å². The highest BCUT2D eigenvalue weighted by atomic mass is 79.9. The maximum Gasteiger partial charge on any atom is 0.0297 e. The first-order valence-electron chi connectivity index (χ1n) is 6.30. The number of hydrogen-bond donors (Lipinski definition) is 1. The summed E-state index contributed by atoms with van der Waals surface area (Å²) in [5.41, 5.74) is 3.92. The Kier molecular flexibility index (Phi) is 4.56. The molecule has 0 aliphatic rings. The van der Waals surface area contributed by atoms with Gasteiger partial charge in [0.25, 0.3) is 0 Å². The monoisotopic (exact) mass is 303 g/mol. The van der Waals surface area contributed by atoms with Gasteiger partial charge in [0.2, 0.25) is 0 Å². The lowest BCUT2D eigenvalue weighted by atomic mass is 9.95. The molecule has 1 unspecified atom stereocenters. The van der Waals surface area contributed by atoms with E-state index in [1.807, 2.05) is 0 Å². The van der Waals surface area contributed by atoms with Gasteiger partial charge in [-0.05, 0) is 42.3 Å². The van der Waals surface area contributed by atoms with Gasteiger partial charge in [0.1, 0.15) is 0 Å². The smallest absolute Gasteiger partial charge is 0.0297 e. The fourth-order valence-electron chi connectivity index (χ4n) is 2.18. The third kappa shape index (κ3) is 3.01. The van der Waals surface area contributed by atoms with Gasteiger partial charge < -0.3 is 5.32 Å². The second-order valence-corrected chi connectivity index (χ2v) is 5.29. The second-order valence-electron chi connectivity index (χ2n) is 4.37. The maximum absolute atomic E-state index is 3.48. The first kappa shape index (κ1) is 13.3. The van der Waals surface area contributed by atoms with E-state index in [0.717, 1.165) is 11.0 Å². The first-order chi connectivity index (χ1) is 8.72. The third-order valence-corrected chi connectivity index (χ3v) is 3.62. The number of halogens is 1. The van der Waals surface area contributed by atoms with Gasteiger partial charge in [0.15, 0.2) is 0 Å². The van der Waals surface area contributed by atoms with Crippen LogP contribution in [0.5, 0.6) is 0 Å². The van der Waals surface area contributed by atoms with E-state index >= 15 is 0 Å². The molecule has 0 heterocycles. The zero-order valence-electron chi connectivity index (χ0n) is 10.8. The van der Waals surface area contributed by atoms with Crippen LogP contribution in [0.15, 0.2) is 53.0 Å². The Morgan fingerprint density at radius 3 is 2.39 bits per heavy atom. The molecule has 2 aromatic carbocycles. The summed E-state index contributed by atoms with van der Waals surface area (Å²) in [5, 5.41) is 3.47. The van der Waals surface area contributed by atoms with Crippen LogP contribution in [-0.4, -0.2) is 6.54 Å². The molecule has 0 radical (unpaired) electrons. The molecule has 0 aliphatic carbocycles. The number of benzene rings is 2. The van der Waals surface area contributed by atoms with E-state index in [1.54, 1.807) is 0 Å². The molecule has 0 aromatic heterocycles. The Hall–Kier alpha value is -1.12. The maximum atomic E-state index is 3.48. The lowest BCUT2D eigenvalue weighted by Crippen LogP contribution is -2.18. The molecule has 1 atom stereocenters. The van der Waals surface area contributed by atoms with Crippen LogP contribution in [0.25, 0.3) is 11.1 Å². The molecule has 0 spiro atoms. The fraction of sp³-hybridized carbons (Fsp3) is 0.250. The topological polar surface area (TPSA) is 12.0 Å². The molecule has 1 nitrogen and oxygen atoms in total. The number of rotatable bonds is 4. The van der Waals surface area contributed by atoms with Crippen molar-refractivity contribution in [3.05, 3.63) is 58.6 Å². The van der Waals surface area contributed by atoms with Crippen molar-refractivity contribution in [1.82, 2.24) is 5.32 Å². The zero-order valence-corrected chi connectivity index (χ0v) is 12.4. The van der Waals surface area contributed by atoms with E-state index in [1.165, 1.54) is 16.7 Å². The van der Waals surface area contributed by atoms with Crippen LogP contribution in [0.4, 0.5) is 0 Å². The number of nitrogens with one attached hydrogen (secondary N) is 1. The molecule has 18 heavy (non-hydrogen) atoms. The van der Waals surface area contributed by atoms with E-state index in [2.05, 4.69) is 83.6 Å². The van der Waals surface area contributed by atoms with E-state index in [-0.39, 0.29) is 0 Å². The summed E-state index contributed by atoms with van der Waals surface area (Å²) in [6, 6.07) is 17.4. The van der Waals surface area contributed by atoms with Crippen LogP contribution < -0.4 is 5.32 Å². The van der Waals surface area contributed by atoms with E-state index in [0.29, 0.717) is 6.04 Å². The average Bonchev–Trinajstić information content (AvgIpc) is 2.40. The van der Waals surface area contributed by atoms with E-state index < -0.39 is 0 Å². The van der Waals surface area contributed by atoms with Crippen LogP contribution in [-0.2, 0) is 0 Å². The molecule has 2 heteroatoms. The van der Waals surface area contributed by atoms with Crippen molar-refractivity contribution in [1.29, 1.82) is 0 Å². The molecule has 94 valence electrons. The first-order valence-corrected chi connectivity index (χ1v) is 7.10. The van der Waals surface area contributed by atoms with Crippen molar-refractivity contribution in [2.75, 3.05) is 6.54 Å². The summed E-state index contributed by atoms with van der Waals surface area (Å²) in [7, 11) is 0. The van der Waals surface area contributed by atoms with Crippen LogP contribution >= 0.6 is 15.9 Å².